The topological polar surface area (TPSA) is 37.2 Å². The van der Waals surface area contributed by atoms with E-state index in [4.69, 9.17) is 4.98 Å². The summed E-state index contributed by atoms with van der Waals surface area (Å²) < 4.78 is 2.22. The summed E-state index contributed by atoms with van der Waals surface area (Å²) in [7, 11) is 2.20. The Balaban J connectivity index is 1.38. The first kappa shape index (κ1) is 20.7. The van der Waals surface area contributed by atoms with Crippen molar-refractivity contribution in [3.63, 3.8) is 0 Å². The maximum Gasteiger partial charge on any atom is 0.145 e. The summed E-state index contributed by atoms with van der Waals surface area (Å²) in [4.78, 5) is 14.3. The van der Waals surface area contributed by atoms with E-state index in [0.29, 0.717) is 12.0 Å². The third-order valence-electron chi connectivity index (χ3n) is 6.81. The highest BCUT2D eigenvalue weighted by atomic mass is 15.3. The van der Waals surface area contributed by atoms with Gasteiger partial charge in [0, 0.05) is 38.9 Å². The minimum atomic E-state index is 0.419. The molecule has 0 radical (unpaired) electrons. The zero-order valence-electron chi connectivity index (χ0n) is 18.9. The molecular formula is C27H31N5. The van der Waals surface area contributed by atoms with Gasteiger partial charge in [0.25, 0.3) is 0 Å². The third-order valence-corrected chi connectivity index (χ3v) is 6.81. The van der Waals surface area contributed by atoms with E-state index in [1.807, 2.05) is 0 Å². The van der Waals surface area contributed by atoms with Crippen LogP contribution in [0.25, 0.3) is 11.0 Å². The van der Waals surface area contributed by atoms with E-state index < -0.39 is 0 Å². The van der Waals surface area contributed by atoms with Crippen LogP contribution in [-0.2, 0) is 13.1 Å². The molecule has 1 fully saturated rings. The maximum atomic E-state index is 4.73. The van der Waals surface area contributed by atoms with Crippen LogP contribution in [0.2, 0.25) is 0 Å². The average molecular weight is 426 g/mol. The van der Waals surface area contributed by atoms with Crippen LogP contribution in [0.1, 0.15) is 24.5 Å². The van der Waals surface area contributed by atoms with E-state index in [1.165, 1.54) is 17.5 Å². The summed E-state index contributed by atoms with van der Waals surface area (Å²) in [6.07, 6.45) is 5.05. The molecule has 2 atom stereocenters. The Hall–Kier alpha value is -3.18. The number of piperidine rings is 1. The number of fused-ring (bicyclic) bond motifs is 1. The summed E-state index contributed by atoms with van der Waals surface area (Å²) in [5.41, 5.74) is 3.65. The molecule has 0 saturated carbocycles. The van der Waals surface area contributed by atoms with Crippen molar-refractivity contribution in [1.82, 2.24) is 19.4 Å². The van der Waals surface area contributed by atoms with E-state index >= 15 is 0 Å². The zero-order valence-corrected chi connectivity index (χ0v) is 18.9. The van der Waals surface area contributed by atoms with Crippen molar-refractivity contribution in [2.24, 2.45) is 5.92 Å². The number of benzene rings is 2. The lowest BCUT2D eigenvalue weighted by molar-refractivity contribution is 0.159. The van der Waals surface area contributed by atoms with Gasteiger partial charge in [-0.1, -0.05) is 67.6 Å². The lowest BCUT2D eigenvalue weighted by Gasteiger charge is -2.42. The van der Waals surface area contributed by atoms with Crippen molar-refractivity contribution < 1.29 is 0 Å². The second kappa shape index (κ2) is 9.13. The van der Waals surface area contributed by atoms with Crippen LogP contribution in [0, 0.1) is 5.92 Å². The van der Waals surface area contributed by atoms with Crippen LogP contribution in [0.5, 0.6) is 0 Å². The molecule has 5 rings (SSSR count). The van der Waals surface area contributed by atoms with Crippen molar-refractivity contribution in [3.05, 3.63) is 90.4 Å². The molecule has 0 aliphatic carbocycles. The molecule has 0 amide bonds. The standard InChI is InChI=1S/C27H31N5/c1-21-13-15-31(17-22-9-5-3-6-10-22)19-25(21)30(2)26-24-14-16-32(27(24)29-20-28-26)18-23-11-7-4-8-12-23/h3-12,14,16,20-21,25H,13,15,17-19H2,1-2H3/t21-,25+/m1/s1. The quantitative estimate of drug-likeness (QED) is 0.444. The fourth-order valence-corrected chi connectivity index (χ4v) is 4.94. The van der Waals surface area contributed by atoms with Gasteiger partial charge >= 0.3 is 0 Å². The molecule has 0 spiro atoms. The second-order valence-corrected chi connectivity index (χ2v) is 9.03. The smallest absolute Gasteiger partial charge is 0.145 e. The van der Waals surface area contributed by atoms with Gasteiger partial charge < -0.3 is 9.47 Å². The predicted octanol–water partition coefficient (Wildman–Crippen LogP) is 4.83. The van der Waals surface area contributed by atoms with Crippen LogP contribution in [-0.4, -0.2) is 45.6 Å². The van der Waals surface area contributed by atoms with Gasteiger partial charge in [-0.05, 0) is 36.1 Å². The highest BCUT2D eigenvalue weighted by molar-refractivity contribution is 5.88. The van der Waals surface area contributed by atoms with Gasteiger partial charge in [-0.25, -0.2) is 9.97 Å². The van der Waals surface area contributed by atoms with Crippen molar-refractivity contribution in [1.29, 1.82) is 0 Å². The van der Waals surface area contributed by atoms with Crippen LogP contribution >= 0.6 is 0 Å². The number of aromatic nitrogens is 3. The Morgan fingerprint density at radius 1 is 0.906 bits per heavy atom. The molecule has 3 heterocycles. The Morgan fingerprint density at radius 3 is 2.31 bits per heavy atom. The molecule has 2 aromatic carbocycles. The molecule has 0 bridgehead atoms. The Labute approximate surface area is 190 Å². The molecule has 1 aliphatic heterocycles. The van der Waals surface area contributed by atoms with Gasteiger partial charge in [-0.15, -0.1) is 0 Å². The Morgan fingerprint density at radius 2 is 1.59 bits per heavy atom. The minimum Gasteiger partial charge on any atom is -0.354 e. The summed E-state index contributed by atoms with van der Waals surface area (Å²) in [6, 6.07) is 23.9. The first-order valence-electron chi connectivity index (χ1n) is 11.5. The molecule has 1 aliphatic rings. The van der Waals surface area contributed by atoms with E-state index in [1.54, 1.807) is 6.33 Å². The van der Waals surface area contributed by atoms with Crippen molar-refractivity contribution >= 4 is 16.9 Å². The predicted molar refractivity (Wildman–Crippen MR) is 131 cm³/mol. The minimum absolute atomic E-state index is 0.419. The first-order chi connectivity index (χ1) is 15.7. The first-order valence-corrected chi connectivity index (χ1v) is 11.5. The van der Waals surface area contributed by atoms with Gasteiger partial charge in [0.1, 0.15) is 17.8 Å². The Bertz CT molecular complexity index is 1150. The van der Waals surface area contributed by atoms with Gasteiger partial charge in [0.15, 0.2) is 0 Å². The molecule has 0 unspecified atom stereocenters. The molecule has 0 N–H and O–H groups in total. The largest absolute Gasteiger partial charge is 0.354 e. The molecule has 4 aromatic rings. The zero-order chi connectivity index (χ0) is 21.9. The summed E-state index contributed by atoms with van der Waals surface area (Å²) in [6.45, 7) is 6.38. The fourth-order valence-electron chi connectivity index (χ4n) is 4.94. The Kier molecular flexibility index (Phi) is 5.91. The van der Waals surface area contributed by atoms with Gasteiger partial charge in [0.05, 0.1) is 5.39 Å². The van der Waals surface area contributed by atoms with Gasteiger partial charge in [-0.2, -0.15) is 0 Å². The molecule has 2 aromatic heterocycles. The second-order valence-electron chi connectivity index (χ2n) is 9.03. The monoisotopic (exact) mass is 425 g/mol. The summed E-state index contributed by atoms with van der Waals surface area (Å²) in [5, 5.41) is 1.12. The molecule has 5 heteroatoms. The van der Waals surface area contributed by atoms with Crippen LogP contribution < -0.4 is 4.90 Å². The normalized spacial score (nSPS) is 19.3. The van der Waals surface area contributed by atoms with E-state index in [9.17, 15) is 0 Å². The molecule has 1 saturated heterocycles. The third kappa shape index (κ3) is 4.26. The molecule has 32 heavy (non-hydrogen) atoms. The molecular weight excluding hydrogens is 394 g/mol. The number of hydrogen-bond acceptors (Lipinski definition) is 4. The maximum absolute atomic E-state index is 4.73. The number of likely N-dealkylation sites (tertiary alicyclic amines) is 1. The highest BCUT2D eigenvalue weighted by Gasteiger charge is 2.30. The van der Waals surface area contributed by atoms with Gasteiger partial charge in [0.2, 0.25) is 0 Å². The van der Waals surface area contributed by atoms with E-state index in [0.717, 1.165) is 43.0 Å². The molecule has 164 valence electrons. The highest BCUT2D eigenvalue weighted by Crippen LogP contribution is 2.30. The van der Waals surface area contributed by atoms with Crippen LogP contribution in [0.4, 0.5) is 5.82 Å². The van der Waals surface area contributed by atoms with E-state index in [-0.39, 0.29) is 0 Å². The number of nitrogens with zero attached hydrogens (tertiary/aromatic N) is 5. The summed E-state index contributed by atoms with van der Waals surface area (Å²) >= 11 is 0. The lowest BCUT2D eigenvalue weighted by atomic mass is 9.92. The molecule has 5 nitrogen and oxygen atoms in total. The summed E-state index contributed by atoms with van der Waals surface area (Å²) in [5.74, 6) is 1.64. The van der Waals surface area contributed by atoms with Crippen LogP contribution in [0.15, 0.2) is 79.3 Å². The van der Waals surface area contributed by atoms with Crippen LogP contribution in [0.3, 0.4) is 0 Å². The number of rotatable bonds is 6. The van der Waals surface area contributed by atoms with Crippen molar-refractivity contribution in [3.8, 4) is 0 Å². The average Bonchev–Trinajstić information content (AvgIpc) is 3.24. The number of likely N-dealkylation sites (N-methyl/N-ethyl adjacent to an activating group) is 1. The lowest BCUT2D eigenvalue weighted by Crippen LogP contribution is -2.50. The SMILES string of the molecule is C[C@@H]1CCN(Cc2ccccc2)C[C@@H]1N(C)c1ncnc2c1ccn2Cc1ccccc1. The van der Waals surface area contributed by atoms with Crippen molar-refractivity contribution in [2.75, 3.05) is 25.0 Å². The number of anilines is 1. The van der Waals surface area contributed by atoms with E-state index in [2.05, 4.69) is 106 Å². The van der Waals surface area contributed by atoms with Crippen molar-refractivity contribution in [2.45, 2.75) is 32.5 Å². The van der Waals surface area contributed by atoms with Gasteiger partial charge in [-0.3, -0.25) is 4.90 Å². The number of hydrogen-bond donors (Lipinski definition) is 0. The fraction of sp³-hybridized carbons (Fsp3) is 0.333.